The topological polar surface area (TPSA) is 83.0 Å². The Balaban J connectivity index is 1.91. The van der Waals surface area contributed by atoms with E-state index in [1.54, 1.807) is 19.1 Å². The molecule has 0 saturated carbocycles. The molecule has 0 aliphatic rings. The summed E-state index contributed by atoms with van der Waals surface area (Å²) in [6, 6.07) is 12.2. The molecule has 1 atom stereocenters. The van der Waals surface area contributed by atoms with Gasteiger partial charge in [-0.2, -0.15) is 5.10 Å². The van der Waals surface area contributed by atoms with Gasteiger partial charge in [0.15, 0.2) is 11.5 Å². The fraction of sp³-hybridized carbons (Fsp3) is 0.263. The van der Waals surface area contributed by atoms with Crippen molar-refractivity contribution in [2.75, 3.05) is 11.9 Å². The number of benzene rings is 2. The van der Waals surface area contributed by atoms with E-state index in [0.29, 0.717) is 17.9 Å². The highest BCUT2D eigenvalue weighted by atomic mass is 16.5. The lowest BCUT2D eigenvalue weighted by Crippen LogP contribution is -2.35. The molecule has 2 rings (SSSR count). The van der Waals surface area contributed by atoms with E-state index >= 15 is 0 Å². The Morgan fingerprint density at radius 3 is 2.76 bits per heavy atom. The fourth-order valence-electron chi connectivity index (χ4n) is 2.19. The SMILES string of the molecule is CCOc1ccc(/C=N\NC(=O)[C@@H](C)Nc2ccccc2C)cc1O. The number of rotatable bonds is 7. The number of phenols is 1. The molecule has 1 amide bonds. The van der Waals surface area contributed by atoms with Crippen molar-refractivity contribution in [2.24, 2.45) is 5.10 Å². The number of aryl methyl sites for hydroxylation is 1. The number of nitrogens with zero attached hydrogens (tertiary/aromatic N) is 1. The maximum Gasteiger partial charge on any atom is 0.262 e. The van der Waals surface area contributed by atoms with Crippen molar-refractivity contribution in [1.82, 2.24) is 5.43 Å². The van der Waals surface area contributed by atoms with Crippen LogP contribution in [0.4, 0.5) is 5.69 Å². The second-order valence-electron chi connectivity index (χ2n) is 5.58. The monoisotopic (exact) mass is 341 g/mol. The van der Waals surface area contributed by atoms with Crippen molar-refractivity contribution in [1.29, 1.82) is 0 Å². The molecule has 0 bridgehead atoms. The van der Waals surface area contributed by atoms with Crippen molar-refractivity contribution in [3.63, 3.8) is 0 Å². The summed E-state index contributed by atoms with van der Waals surface area (Å²) >= 11 is 0. The first kappa shape index (κ1) is 18.3. The molecule has 132 valence electrons. The van der Waals surface area contributed by atoms with Crippen LogP contribution < -0.4 is 15.5 Å². The molecule has 0 unspecified atom stereocenters. The van der Waals surface area contributed by atoms with Gasteiger partial charge in [0, 0.05) is 5.69 Å². The molecule has 3 N–H and O–H groups in total. The van der Waals surface area contributed by atoms with Gasteiger partial charge in [-0.1, -0.05) is 18.2 Å². The van der Waals surface area contributed by atoms with Gasteiger partial charge in [-0.05, 0) is 56.2 Å². The first-order valence-corrected chi connectivity index (χ1v) is 8.12. The minimum absolute atomic E-state index is 0.0340. The highest BCUT2D eigenvalue weighted by Crippen LogP contribution is 2.26. The Kier molecular flexibility index (Phi) is 6.39. The van der Waals surface area contributed by atoms with E-state index in [9.17, 15) is 9.90 Å². The van der Waals surface area contributed by atoms with Crippen molar-refractivity contribution in [3.05, 3.63) is 53.6 Å². The summed E-state index contributed by atoms with van der Waals surface area (Å²) in [5.74, 6) is 0.195. The van der Waals surface area contributed by atoms with Gasteiger partial charge in [-0.25, -0.2) is 5.43 Å². The van der Waals surface area contributed by atoms with Crippen LogP contribution in [-0.2, 0) is 4.79 Å². The first-order chi connectivity index (χ1) is 12.0. The molecule has 0 radical (unpaired) electrons. The number of hydrazone groups is 1. The number of phenolic OH excluding ortho intramolecular Hbond substituents is 1. The highest BCUT2D eigenvalue weighted by molar-refractivity contribution is 5.86. The van der Waals surface area contributed by atoms with Crippen molar-refractivity contribution in [3.8, 4) is 11.5 Å². The van der Waals surface area contributed by atoms with E-state index in [4.69, 9.17) is 4.74 Å². The number of amides is 1. The summed E-state index contributed by atoms with van der Waals surface area (Å²) in [6.45, 7) is 6.06. The molecule has 6 heteroatoms. The first-order valence-electron chi connectivity index (χ1n) is 8.12. The molecule has 0 aliphatic heterocycles. The summed E-state index contributed by atoms with van der Waals surface area (Å²) in [4.78, 5) is 12.1. The molecule has 0 fully saturated rings. The molecule has 0 heterocycles. The van der Waals surface area contributed by atoms with Gasteiger partial charge in [0.05, 0.1) is 12.8 Å². The van der Waals surface area contributed by atoms with Gasteiger partial charge in [0.1, 0.15) is 6.04 Å². The van der Waals surface area contributed by atoms with Gasteiger partial charge < -0.3 is 15.2 Å². The van der Waals surface area contributed by atoms with E-state index < -0.39 is 6.04 Å². The maximum absolute atomic E-state index is 12.1. The van der Waals surface area contributed by atoms with Crippen molar-refractivity contribution < 1.29 is 14.6 Å². The van der Waals surface area contributed by atoms with Crippen LogP contribution in [0.15, 0.2) is 47.6 Å². The largest absolute Gasteiger partial charge is 0.504 e. The number of carbonyl (C=O) groups is 1. The third kappa shape index (κ3) is 5.24. The standard InChI is InChI=1S/C19H23N3O3/c1-4-25-18-10-9-15(11-17(18)23)12-20-22-19(24)14(3)21-16-8-6-5-7-13(16)2/h5-12,14,21,23H,4H2,1-3H3,(H,22,24)/b20-12-/t14-/m1/s1. The average molecular weight is 341 g/mol. The van der Waals surface area contributed by atoms with Crippen molar-refractivity contribution in [2.45, 2.75) is 26.8 Å². The lowest BCUT2D eigenvalue weighted by atomic mass is 10.2. The molecule has 0 aromatic heterocycles. The quantitative estimate of drug-likeness (QED) is 0.534. The summed E-state index contributed by atoms with van der Waals surface area (Å²) in [6.07, 6.45) is 1.47. The highest BCUT2D eigenvalue weighted by Gasteiger charge is 2.12. The molecule has 2 aromatic carbocycles. The number of ether oxygens (including phenoxy) is 1. The lowest BCUT2D eigenvalue weighted by Gasteiger charge is -2.15. The molecule has 6 nitrogen and oxygen atoms in total. The second-order valence-corrected chi connectivity index (χ2v) is 5.58. The number of para-hydroxylation sites is 1. The van der Waals surface area contributed by atoms with E-state index in [1.165, 1.54) is 12.3 Å². The molecular weight excluding hydrogens is 318 g/mol. The maximum atomic E-state index is 12.1. The van der Waals surface area contributed by atoms with Gasteiger partial charge >= 0.3 is 0 Å². The molecular formula is C19H23N3O3. The Morgan fingerprint density at radius 1 is 1.32 bits per heavy atom. The Labute approximate surface area is 147 Å². The zero-order chi connectivity index (χ0) is 18.2. The Hall–Kier alpha value is -3.02. The number of anilines is 1. The van der Waals surface area contributed by atoms with Gasteiger partial charge in [-0.15, -0.1) is 0 Å². The number of nitrogens with one attached hydrogen (secondary N) is 2. The molecule has 0 aliphatic carbocycles. The van der Waals surface area contributed by atoms with Gasteiger partial charge in [0.25, 0.3) is 5.91 Å². The van der Waals surface area contributed by atoms with Crippen LogP contribution in [0.2, 0.25) is 0 Å². The molecule has 25 heavy (non-hydrogen) atoms. The second kappa shape index (κ2) is 8.73. The average Bonchev–Trinajstić information content (AvgIpc) is 2.59. The van der Waals surface area contributed by atoms with E-state index in [-0.39, 0.29) is 11.7 Å². The third-order valence-corrected chi connectivity index (χ3v) is 3.58. The third-order valence-electron chi connectivity index (χ3n) is 3.58. The van der Waals surface area contributed by atoms with Crippen LogP contribution in [0.3, 0.4) is 0 Å². The smallest absolute Gasteiger partial charge is 0.262 e. The number of carbonyl (C=O) groups excluding carboxylic acids is 1. The van der Waals surface area contributed by atoms with E-state index in [0.717, 1.165) is 11.3 Å². The minimum Gasteiger partial charge on any atom is -0.504 e. The van der Waals surface area contributed by atoms with Crippen LogP contribution >= 0.6 is 0 Å². The normalized spacial score (nSPS) is 12.0. The fourth-order valence-corrected chi connectivity index (χ4v) is 2.19. The van der Waals surface area contributed by atoms with Crippen LogP contribution in [0.5, 0.6) is 11.5 Å². The molecule has 0 spiro atoms. The molecule has 0 saturated heterocycles. The Bertz CT molecular complexity index is 759. The van der Waals surface area contributed by atoms with Crippen LogP contribution in [-0.4, -0.2) is 29.9 Å². The zero-order valence-electron chi connectivity index (χ0n) is 14.6. The Morgan fingerprint density at radius 2 is 2.08 bits per heavy atom. The summed E-state index contributed by atoms with van der Waals surface area (Å²) in [5.41, 5.74) is 5.11. The van der Waals surface area contributed by atoms with Crippen LogP contribution in [0, 0.1) is 6.92 Å². The lowest BCUT2D eigenvalue weighted by molar-refractivity contribution is -0.121. The predicted octanol–water partition coefficient (Wildman–Crippen LogP) is 3.05. The van der Waals surface area contributed by atoms with E-state index in [2.05, 4.69) is 15.8 Å². The van der Waals surface area contributed by atoms with Crippen LogP contribution in [0.1, 0.15) is 25.0 Å². The van der Waals surface area contributed by atoms with Crippen LogP contribution in [0.25, 0.3) is 0 Å². The zero-order valence-corrected chi connectivity index (χ0v) is 14.6. The summed E-state index contributed by atoms with van der Waals surface area (Å²) in [7, 11) is 0. The minimum atomic E-state index is -0.438. The van der Waals surface area contributed by atoms with E-state index in [1.807, 2.05) is 38.1 Å². The van der Waals surface area contributed by atoms with Crippen molar-refractivity contribution >= 4 is 17.8 Å². The number of hydrogen-bond donors (Lipinski definition) is 3. The summed E-state index contributed by atoms with van der Waals surface area (Å²) in [5, 5.41) is 16.9. The molecule has 2 aromatic rings. The number of aromatic hydroxyl groups is 1. The summed E-state index contributed by atoms with van der Waals surface area (Å²) < 4.78 is 5.26. The van der Waals surface area contributed by atoms with Gasteiger partial charge in [0.2, 0.25) is 0 Å². The predicted molar refractivity (Wildman–Crippen MR) is 99.3 cm³/mol. The van der Waals surface area contributed by atoms with Gasteiger partial charge in [-0.3, -0.25) is 4.79 Å². The number of hydrogen-bond acceptors (Lipinski definition) is 5.